The molecule has 0 radical (unpaired) electrons. The maximum atomic E-state index is 15.1. The number of hydrogen-bond donors (Lipinski definition) is 2. The normalized spacial score (nSPS) is 20.0. The first-order valence-corrected chi connectivity index (χ1v) is 24.4. The second-order valence-electron chi connectivity index (χ2n) is 18.7. The third-order valence-electron chi connectivity index (χ3n) is 13.0. The van der Waals surface area contributed by atoms with Gasteiger partial charge in [0, 0.05) is 81.9 Å². The summed E-state index contributed by atoms with van der Waals surface area (Å²) in [7, 11) is 10.4. The van der Waals surface area contributed by atoms with Crippen LogP contribution in [0.15, 0.2) is 103 Å². The van der Waals surface area contributed by atoms with Crippen molar-refractivity contribution in [1.29, 1.82) is 0 Å². The average molecular weight is 1030 g/mol. The number of nitrogens with zero attached hydrogens (tertiary/aromatic N) is 6. The lowest BCUT2D eigenvalue weighted by Crippen LogP contribution is -2.57. The van der Waals surface area contributed by atoms with Crippen LogP contribution in [0.2, 0.25) is 5.02 Å². The van der Waals surface area contributed by atoms with E-state index < -0.39 is 54.4 Å². The molecule has 73 heavy (non-hydrogen) atoms. The van der Waals surface area contributed by atoms with Crippen molar-refractivity contribution < 1.29 is 47.0 Å². The fourth-order valence-corrected chi connectivity index (χ4v) is 8.76. The summed E-state index contributed by atoms with van der Waals surface area (Å²) < 4.78 is 46.0. The number of likely N-dealkylation sites (N-methyl/N-ethyl adjacent to an activating group) is 2. The van der Waals surface area contributed by atoms with Gasteiger partial charge in [0.1, 0.15) is 35.2 Å². The largest absolute Gasteiger partial charge is 0.457 e. The molecule has 390 valence electrons. The summed E-state index contributed by atoms with van der Waals surface area (Å²) in [5.41, 5.74) is 3.59. The molecule has 2 heterocycles. The Bertz CT molecular complexity index is 2670. The minimum absolute atomic E-state index is 0.0490. The standard InChI is InChI=1S/C54H65ClF2N8O8/c1-34-29-59-49(66)27-42(25-37-14-19-41(55)20-15-37)63(6)53(70)45(33-71-8)60-51(68)35(2)65(50(67)26-40(52(69)62(34)5)24-36-12-10-9-11-13-36)31-39-18-23-44(73-54(56)57)28-47(39)72-43-21-16-38(17-22-43)46-30-58-48(64(46)7)32-61(3)4/h9-23,28,30,34-35,40,42,45,54H,24-27,29,31-33H2,1-8H3,(H,59,66)(H,60,68)/t34-,35-,40+,42-,45-/m0/s1. The lowest BCUT2D eigenvalue weighted by molar-refractivity contribution is -0.147. The number of carbonyl (C=O) groups is 5. The minimum atomic E-state index is -3.16. The molecule has 19 heteroatoms. The number of amides is 5. The molecule has 0 bridgehead atoms. The van der Waals surface area contributed by atoms with Crippen molar-refractivity contribution in [1.82, 2.24) is 39.8 Å². The Hall–Kier alpha value is -6.89. The molecule has 5 amide bonds. The number of nitrogens with one attached hydrogen (secondary N) is 2. The van der Waals surface area contributed by atoms with E-state index >= 15 is 4.79 Å². The molecule has 0 aliphatic carbocycles. The first-order chi connectivity index (χ1) is 34.8. The number of halogens is 3. The zero-order valence-corrected chi connectivity index (χ0v) is 43.3. The van der Waals surface area contributed by atoms with E-state index in [0.717, 1.165) is 28.2 Å². The van der Waals surface area contributed by atoms with Crippen molar-refractivity contribution in [2.45, 2.75) is 83.4 Å². The van der Waals surface area contributed by atoms with Crippen LogP contribution in [0.5, 0.6) is 17.2 Å². The monoisotopic (exact) mass is 1030 g/mol. The maximum Gasteiger partial charge on any atom is 0.387 e. The van der Waals surface area contributed by atoms with Gasteiger partial charge in [0.25, 0.3) is 0 Å². The molecule has 4 aromatic carbocycles. The summed E-state index contributed by atoms with van der Waals surface area (Å²) in [6, 6.07) is 23.6. The summed E-state index contributed by atoms with van der Waals surface area (Å²) in [5.74, 6) is -2.54. The zero-order valence-electron chi connectivity index (χ0n) is 42.5. The van der Waals surface area contributed by atoms with E-state index in [4.69, 9.17) is 25.8 Å². The van der Waals surface area contributed by atoms with Crippen LogP contribution in [-0.2, 0) is 61.7 Å². The fraction of sp³-hybridized carbons (Fsp3) is 0.407. The topological polar surface area (TPSA) is 168 Å². The average Bonchev–Trinajstić information content (AvgIpc) is 3.72. The molecule has 16 nitrogen and oxygen atoms in total. The van der Waals surface area contributed by atoms with Gasteiger partial charge < -0.3 is 49.0 Å². The molecule has 1 aliphatic rings. The second kappa shape index (κ2) is 25.7. The van der Waals surface area contributed by atoms with Gasteiger partial charge in [-0.2, -0.15) is 8.78 Å². The smallest absolute Gasteiger partial charge is 0.387 e. The lowest BCUT2D eigenvalue weighted by atomic mass is 9.93. The predicted octanol–water partition coefficient (Wildman–Crippen LogP) is 6.73. The van der Waals surface area contributed by atoms with Crippen LogP contribution in [0.4, 0.5) is 8.78 Å². The van der Waals surface area contributed by atoms with E-state index in [2.05, 4.69) is 15.6 Å². The lowest BCUT2D eigenvalue weighted by Gasteiger charge is -2.35. The Balaban J connectivity index is 1.39. The summed E-state index contributed by atoms with van der Waals surface area (Å²) in [5, 5.41) is 6.24. The molecule has 0 unspecified atom stereocenters. The van der Waals surface area contributed by atoms with Gasteiger partial charge in [0.05, 0.1) is 37.5 Å². The number of imidazole rings is 1. The number of alkyl halides is 2. The van der Waals surface area contributed by atoms with Crippen LogP contribution < -0.4 is 20.1 Å². The predicted molar refractivity (Wildman–Crippen MR) is 273 cm³/mol. The molecule has 5 atom stereocenters. The maximum absolute atomic E-state index is 15.1. The Morgan fingerprint density at radius 2 is 1.49 bits per heavy atom. The quantitative estimate of drug-likeness (QED) is 0.115. The van der Waals surface area contributed by atoms with Crippen LogP contribution in [0.1, 0.15) is 49.2 Å². The van der Waals surface area contributed by atoms with Crippen molar-refractivity contribution in [2.75, 3.05) is 48.5 Å². The highest BCUT2D eigenvalue weighted by atomic mass is 35.5. The molecule has 1 aromatic heterocycles. The van der Waals surface area contributed by atoms with Gasteiger partial charge >= 0.3 is 6.61 Å². The number of benzene rings is 4. The number of carbonyl (C=O) groups excluding carboxylic acids is 5. The van der Waals surface area contributed by atoms with Crippen molar-refractivity contribution in [3.63, 3.8) is 0 Å². The number of methoxy groups -OCH3 is 1. The van der Waals surface area contributed by atoms with E-state index in [0.29, 0.717) is 22.9 Å². The van der Waals surface area contributed by atoms with E-state index in [9.17, 15) is 28.0 Å². The minimum Gasteiger partial charge on any atom is -0.457 e. The molecule has 1 aliphatic heterocycles. The molecular weight excluding hydrogens is 962 g/mol. The van der Waals surface area contributed by atoms with Gasteiger partial charge in [-0.25, -0.2) is 4.98 Å². The van der Waals surface area contributed by atoms with E-state index in [-0.39, 0.29) is 68.7 Å². The van der Waals surface area contributed by atoms with Crippen molar-refractivity contribution in [3.05, 3.63) is 131 Å². The van der Waals surface area contributed by atoms with Gasteiger partial charge in [0.15, 0.2) is 0 Å². The van der Waals surface area contributed by atoms with Crippen LogP contribution in [-0.4, -0.2) is 138 Å². The van der Waals surface area contributed by atoms with Crippen molar-refractivity contribution in [2.24, 2.45) is 13.0 Å². The van der Waals surface area contributed by atoms with Gasteiger partial charge in [0.2, 0.25) is 29.5 Å². The highest BCUT2D eigenvalue weighted by Crippen LogP contribution is 2.34. The molecule has 1 fully saturated rings. The molecule has 2 N–H and O–H groups in total. The number of hydrogen-bond acceptors (Lipinski definition) is 10. The van der Waals surface area contributed by atoms with Crippen LogP contribution >= 0.6 is 11.6 Å². The highest BCUT2D eigenvalue weighted by Gasteiger charge is 2.36. The van der Waals surface area contributed by atoms with Crippen LogP contribution in [0.3, 0.4) is 0 Å². The van der Waals surface area contributed by atoms with Crippen molar-refractivity contribution in [3.8, 4) is 28.5 Å². The van der Waals surface area contributed by atoms with Gasteiger partial charge in [-0.05, 0) is 100 Å². The van der Waals surface area contributed by atoms with Gasteiger partial charge in [-0.15, -0.1) is 0 Å². The van der Waals surface area contributed by atoms with Crippen LogP contribution in [0, 0.1) is 5.92 Å². The first-order valence-electron chi connectivity index (χ1n) is 24.0. The molecule has 6 rings (SSSR count). The SMILES string of the molecule is COC[C@@H]1NC(=O)[C@H](C)N(Cc2ccc(OC(F)F)cc2Oc2ccc(-c3cnc(CN(C)C)n3C)cc2)C(=O)C[C@@H](Cc2ccccc2)C(=O)N(C)[C@@H](C)CNC(=O)C[C@H](Cc2ccc(Cl)cc2)N(C)C1=O. The van der Waals surface area contributed by atoms with E-state index in [1.807, 2.05) is 73.1 Å². The molecule has 5 aromatic rings. The number of ether oxygens (including phenoxy) is 3. The summed E-state index contributed by atoms with van der Waals surface area (Å²) in [4.78, 5) is 83.3. The zero-order chi connectivity index (χ0) is 52.9. The Kier molecular flexibility index (Phi) is 19.5. The second-order valence-corrected chi connectivity index (χ2v) is 19.1. The fourth-order valence-electron chi connectivity index (χ4n) is 8.63. The molecule has 1 saturated heterocycles. The van der Waals surface area contributed by atoms with Crippen molar-refractivity contribution >= 4 is 41.1 Å². The molecule has 0 saturated carbocycles. The summed E-state index contributed by atoms with van der Waals surface area (Å²) in [6.07, 6.45) is 1.72. The summed E-state index contributed by atoms with van der Waals surface area (Å²) in [6.45, 7) is 0.259. The van der Waals surface area contributed by atoms with E-state index in [1.54, 1.807) is 63.6 Å². The third kappa shape index (κ3) is 15.1. The van der Waals surface area contributed by atoms with Gasteiger partial charge in [-0.1, -0.05) is 54.1 Å². The molecule has 0 spiro atoms. The Labute approximate surface area is 430 Å². The summed E-state index contributed by atoms with van der Waals surface area (Å²) >= 11 is 6.18. The Morgan fingerprint density at radius 3 is 2.15 bits per heavy atom. The van der Waals surface area contributed by atoms with Crippen LogP contribution in [0.25, 0.3) is 11.3 Å². The van der Waals surface area contributed by atoms with E-state index in [1.165, 1.54) is 46.9 Å². The number of aromatic nitrogens is 2. The first kappa shape index (κ1) is 55.4. The van der Waals surface area contributed by atoms with Gasteiger partial charge in [-0.3, -0.25) is 24.0 Å². The molecular formula is C54H65ClF2N8O8. The highest BCUT2D eigenvalue weighted by molar-refractivity contribution is 6.30. The number of rotatable bonds is 15. The third-order valence-corrected chi connectivity index (χ3v) is 13.3. The Morgan fingerprint density at radius 1 is 0.822 bits per heavy atom.